The molecule has 3 amide bonds. The van der Waals surface area contributed by atoms with Gasteiger partial charge in [-0.25, -0.2) is 4.79 Å². The van der Waals surface area contributed by atoms with Gasteiger partial charge in [0.1, 0.15) is 6.04 Å². The second-order valence-electron chi connectivity index (χ2n) is 3.02. The van der Waals surface area contributed by atoms with Gasteiger partial charge in [-0.3, -0.25) is 9.69 Å². The van der Waals surface area contributed by atoms with Crippen LogP contribution in [0.1, 0.15) is 13.8 Å². The normalized spacial score (nSPS) is 23.2. The van der Waals surface area contributed by atoms with Gasteiger partial charge in [0.2, 0.25) is 0 Å². The van der Waals surface area contributed by atoms with E-state index in [-0.39, 0.29) is 18.0 Å². The standard InChI is InChI=1S/C8H15N3O2/c1-3-10-7(12)6(2)11(5-4-9)8(10)13/h6H,3-5,9H2,1-2H3. The molecule has 1 fully saturated rings. The van der Waals surface area contributed by atoms with Gasteiger partial charge in [0.15, 0.2) is 0 Å². The molecule has 0 radical (unpaired) electrons. The third kappa shape index (κ3) is 1.51. The minimum absolute atomic E-state index is 0.124. The highest BCUT2D eigenvalue weighted by Gasteiger charge is 2.40. The first-order valence-corrected chi connectivity index (χ1v) is 4.45. The highest BCUT2D eigenvalue weighted by Crippen LogP contribution is 2.15. The lowest BCUT2D eigenvalue weighted by atomic mass is 10.3. The number of likely N-dealkylation sites (N-methyl/N-ethyl adjacent to an activating group) is 1. The zero-order valence-corrected chi connectivity index (χ0v) is 7.99. The summed E-state index contributed by atoms with van der Waals surface area (Å²) in [6.45, 7) is 4.78. The molecule has 1 heterocycles. The minimum Gasteiger partial charge on any atom is -0.329 e. The molecule has 0 aromatic heterocycles. The third-order valence-electron chi connectivity index (χ3n) is 2.25. The molecule has 0 aromatic rings. The highest BCUT2D eigenvalue weighted by atomic mass is 16.2. The molecule has 0 saturated carbocycles. The van der Waals surface area contributed by atoms with Gasteiger partial charge in [-0.2, -0.15) is 0 Å². The molecule has 2 N–H and O–H groups in total. The van der Waals surface area contributed by atoms with Crippen molar-refractivity contribution in [1.82, 2.24) is 9.80 Å². The summed E-state index contributed by atoms with van der Waals surface area (Å²) in [5.74, 6) is -0.124. The minimum atomic E-state index is -0.351. The molecule has 74 valence electrons. The summed E-state index contributed by atoms with van der Waals surface area (Å²) < 4.78 is 0. The Morgan fingerprint density at radius 2 is 2.08 bits per heavy atom. The number of hydrogen-bond acceptors (Lipinski definition) is 3. The van der Waals surface area contributed by atoms with E-state index in [9.17, 15) is 9.59 Å². The van der Waals surface area contributed by atoms with E-state index in [0.717, 1.165) is 0 Å². The maximum atomic E-state index is 11.5. The Bertz CT molecular complexity index is 229. The Morgan fingerprint density at radius 1 is 1.46 bits per heavy atom. The molecule has 0 aliphatic carbocycles. The van der Waals surface area contributed by atoms with E-state index < -0.39 is 0 Å². The van der Waals surface area contributed by atoms with Crippen molar-refractivity contribution in [1.29, 1.82) is 0 Å². The molecule has 1 atom stereocenters. The maximum absolute atomic E-state index is 11.5. The van der Waals surface area contributed by atoms with E-state index in [1.54, 1.807) is 13.8 Å². The van der Waals surface area contributed by atoms with Crippen LogP contribution in [0.3, 0.4) is 0 Å². The van der Waals surface area contributed by atoms with Gasteiger partial charge in [0.25, 0.3) is 5.91 Å². The molecule has 1 saturated heterocycles. The number of rotatable bonds is 3. The molecule has 0 spiro atoms. The van der Waals surface area contributed by atoms with Gasteiger partial charge >= 0.3 is 6.03 Å². The van der Waals surface area contributed by atoms with Crippen LogP contribution in [-0.4, -0.2) is 47.4 Å². The van der Waals surface area contributed by atoms with Crippen molar-refractivity contribution in [2.75, 3.05) is 19.6 Å². The fraction of sp³-hybridized carbons (Fsp3) is 0.750. The Kier molecular flexibility index (Phi) is 2.87. The fourth-order valence-corrected chi connectivity index (χ4v) is 1.49. The van der Waals surface area contributed by atoms with Crippen LogP contribution >= 0.6 is 0 Å². The van der Waals surface area contributed by atoms with Crippen molar-refractivity contribution >= 4 is 11.9 Å². The van der Waals surface area contributed by atoms with Gasteiger partial charge in [-0.15, -0.1) is 0 Å². The van der Waals surface area contributed by atoms with Crippen LogP contribution < -0.4 is 5.73 Å². The monoisotopic (exact) mass is 185 g/mol. The van der Waals surface area contributed by atoms with Crippen LogP contribution in [0.2, 0.25) is 0 Å². The van der Waals surface area contributed by atoms with Crippen molar-refractivity contribution < 1.29 is 9.59 Å². The predicted molar refractivity (Wildman–Crippen MR) is 48.0 cm³/mol. The molecule has 1 aliphatic rings. The molecular formula is C8H15N3O2. The van der Waals surface area contributed by atoms with Crippen molar-refractivity contribution in [2.24, 2.45) is 5.73 Å². The molecule has 1 unspecified atom stereocenters. The summed E-state index contributed by atoms with van der Waals surface area (Å²) in [7, 11) is 0. The summed E-state index contributed by atoms with van der Waals surface area (Å²) in [4.78, 5) is 25.7. The van der Waals surface area contributed by atoms with Crippen molar-refractivity contribution in [3.05, 3.63) is 0 Å². The van der Waals surface area contributed by atoms with Gasteiger partial charge in [-0.05, 0) is 13.8 Å². The predicted octanol–water partition coefficient (Wildman–Crippen LogP) is -0.382. The van der Waals surface area contributed by atoms with Crippen LogP contribution in [0.15, 0.2) is 0 Å². The Labute approximate surface area is 77.5 Å². The molecule has 5 heteroatoms. The molecule has 1 rings (SSSR count). The Balaban J connectivity index is 2.78. The highest BCUT2D eigenvalue weighted by molar-refractivity contribution is 6.03. The maximum Gasteiger partial charge on any atom is 0.327 e. The number of imide groups is 1. The second-order valence-corrected chi connectivity index (χ2v) is 3.02. The summed E-state index contributed by atoms with van der Waals surface area (Å²) >= 11 is 0. The zero-order chi connectivity index (χ0) is 10.0. The lowest BCUT2D eigenvalue weighted by molar-refractivity contribution is -0.127. The van der Waals surface area contributed by atoms with Crippen molar-refractivity contribution in [3.8, 4) is 0 Å². The topological polar surface area (TPSA) is 66.6 Å². The largest absolute Gasteiger partial charge is 0.329 e. The average molecular weight is 185 g/mol. The number of nitrogens with two attached hydrogens (primary N) is 1. The van der Waals surface area contributed by atoms with Crippen LogP contribution in [0.5, 0.6) is 0 Å². The molecule has 13 heavy (non-hydrogen) atoms. The van der Waals surface area contributed by atoms with Crippen LogP contribution in [0.4, 0.5) is 4.79 Å². The second kappa shape index (κ2) is 3.74. The third-order valence-corrected chi connectivity index (χ3v) is 2.25. The van der Waals surface area contributed by atoms with Crippen LogP contribution in [0.25, 0.3) is 0 Å². The van der Waals surface area contributed by atoms with Crippen LogP contribution in [-0.2, 0) is 4.79 Å². The molecule has 0 aromatic carbocycles. The fourth-order valence-electron chi connectivity index (χ4n) is 1.49. The molecule has 1 aliphatic heterocycles. The number of carbonyl (C=O) groups is 2. The van der Waals surface area contributed by atoms with E-state index in [1.807, 2.05) is 0 Å². The zero-order valence-electron chi connectivity index (χ0n) is 7.99. The first kappa shape index (κ1) is 9.98. The number of urea groups is 1. The summed E-state index contributed by atoms with van der Waals surface area (Å²) in [6, 6.07) is -0.568. The number of carbonyl (C=O) groups excluding carboxylic acids is 2. The molecular weight excluding hydrogens is 170 g/mol. The van der Waals surface area contributed by atoms with Gasteiger partial charge < -0.3 is 10.6 Å². The van der Waals surface area contributed by atoms with Crippen molar-refractivity contribution in [3.63, 3.8) is 0 Å². The first-order valence-electron chi connectivity index (χ1n) is 4.45. The quantitative estimate of drug-likeness (QED) is 0.609. The number of hydrogen-bond donors (Lipinski definition) is 1. The average Bonchev–Trinajstić information content (AvgIpc) is 2.31. The lowest BCUT2D eigenvalue weighted by Crippen LogP contribution is -2.37. The first-order chi connectivity index (χ1) is 6.13. The van der Waals surface area contributed by atoms with Crippen molar-refractivity contribution in [2.45, 2.75) is 19.9 Å². The van der Waals surface area contributed by atoms with E-state index in [4.69, 9.17) is 5.73 Å². The number of amides is 3. The van der Waals surface area contributed by atoms with E-state index in [2.05, 4.69) is 0 Å². The van der Waals surface area contributed by atoms with Gasteiger partial charge in [0, 0.05) is 19.6 Å². The Morgan fingerprint density at radius 3 is 2.46 bits per heavy atom. The molecule has 5 nitrogen and oxygen atoms in total. The summed E-state index contributed by atoms with van der Waals surface area (Å²) in [6.07, 6.45) is 0. The van der Waals surface area contributed by atoms with Crippen LogP contribution in [0, 0.1) is 0 Å². The van der Waals surface area contributed by atoms with E-state index in [1.165, 1.54) is 9.80 Å². The molecule has 0 bridgehead atoms. The Hall–Kier alpha value is -1.10. The van der Waals surface area contributed by atoms with E-state index >= 15 is 0 Å². The summed E-state index contributed by atoms with van der Waals surface area (Å²) in [5.41, 5.74) is 5.34. The van der Waals surface area contributed by atoms with Gasteiger partial charge in [-0.1, -0.05) is 0 Å². The SMILES string of the molecule is CCN1C(=O)C(C)N(CCN)C1=O. The lowest BCUT2D eigenvalue weighted by Gasteiger charge is -2.17. The summed E-state index contributed by atoms with van der Waals surface area (Å²) in [5, 5.41) is 0. The smallest absolute Gasteiger partial charge is 0.327 e. The van der Waals surface area contributed by atoms with E-state index in [0.29, 0.717) is 19.6 Å². The number of nitrogens with zero attached hydrogens (tertiary/aromatic N) is 2. The van der Waals surface area contributed by atoms with Gasteiger partial charge in [0.05, 0.1) is 0 Å².